The molecule has 0 spiro atoms. The molecule has 3 aromatic rings. The van der Waals surface area contributed by atoms with Gasteiger partial charge in [0.05, 0.1) is 6.33 Å². The first-order valence-electron chi connectivity index (χ1n) is 9.51. The van der Waals surface area contributed by atoms with Crippen LogP contribution in [-0.4, -0.2) is 34.7 Å². The van der Waals surface area contributed by atoms with Gasteiger partial charge in [-0.3, -0.25) is 14.2 Å². The zero-order valence-electron chi connectivity index (χ0n) is 16.7. The summed E-state index contributed by atoms with van der Waals surface area (Å²) >= 11 is 0. The molecule has 1 aliphatic rings. The molecule has 0 bridgehead atoms. The van der Waals surface area contributed by atoms with Crippen LogP contribution in [0.2, 0.25) is 0 Å². The minimum absolute atomic E-state index is 0.0226. The van der Waals surface area contributed by atoms with Gasteiger partial charge >= 0.3 is 5.69 Å². The van der Waals surface area contributed by atoms with E-state index in [9.17, 15) is 14.4 Å². The van der Waals surface area contributed by atoms with Crippen molar-refractivity contribution in [3.8, 4) is 0 Å². The minimum atomic E-state index is -0.605. The second-order valence-electron chi connectivity index (χ2n) is 7.81. The van der Waals surface area contributed by atoms with Crippen LogP contribution in [0.3, 0.4) is 0 Å². The molecule has 1 fully saturated rings. The molecule has 0 aliphatic heterocycles. The van der Waals surface area contributed by atoms with E-state index in [0.29, 0.717) is 17.6 Å². The molecule has 0 radical (unpaired) electrons. The van der Waals surface area contributed by atoms with E-state index in [1.165, 1.54) is 22.5 Å². The fourth-order valence-electron chi connectivity index (χ4n) is 3.29. The van der Waals surface area contributed by atoms with Gasteiger partial charge in [0.2, 0.25) is 11.8 Å². The van der Waals surface area contributed by atoms with Crippen molar-refractivity contribution in [2.45, 2.75) is 45.2 Å². The number of nitrogens with zero attached hydrogens (tertiary/aromatic N) is 6. The maximum absolute atomic E-state index is 12.8. The average molecular weight is 401 g/mol. The van der Waals surface area contributed by atoms with Crippen molar-refractivity contribution in [3.63, 3.8) is 0 Å². The van der Waals surface area contributed by atoms with Crippen molar-refractivity contribution >= 4 is 17.1 Å². The molecule has 154 valence electrons. The molecule has 3 heterocycles. The highest BCUT2D eigenvalue weighted by Crippen LogP contribution is 2.38. The number of aromatic nitrogens is 6. The second kappa shape index (κ2) is 6.98. The summed E-state index contributed by atoms with van der Waals surface area (Å²) in [4.78, 5) is 46.5. The lowest BCUT2D eigenvalue weighted by atomic mass is 10.0. The Labute approximate surface area is 165 Å². The van der Waals surface area contributed by atoms with E-state index in [1.807, 2.05) is 13.8 Å². The van der Waals surface area contributed by atoms with Gasteiger partial charge < -0.3 is 14.4 Å². The molecular formula is C18H23N7O4. The van der Waals surface area contributed by atoms with Gasteiger partial charge in [0, 0.05) is 20.0 Å². The van der Waals surface area contributed by atoms with Crippen molar-refractivity contribution in [1.82, 2.24) is 34.1 Å². The molecule has 0 saturated heterocycles. The predicted octanol–water partition coefficient (Wildman–Crippen LogP) is 0.208. The maximum atomic E-state index is 12.8. The number of carbonyl (C=O) groups is 1. The van der Waals surface area contributed by atoms with Gasteiger partial charge in [-0.1, -0.05) is 19.0 Å². The highest BCUT2D eigenvalue weighted by Gasteiger charge is 2.31. The Kier molecular flexibility index (Phi) is 4.59. The van der Waals surface area contributed by atoms with Crippen molar-refractivity contribution in [2.24, 2.45) is 20.0 Å². The third-order valence-corrected chi connectivity index (χ3v) is 5.15. The quantitative estimate of drug-likeness (QED) is 0.625. The fraction of sp³-hybridized carbons (Fsp3) is 0.556. The predicted molar refractivity (Wildman–Crippen MR) is 102 cm³/mol. The molecule has 3 aromatic heterocycles. The number of rotatable bonds is 6. The van der Waals surface area contributed by atoms with Crippen LogP contribution in [0.15, 0.2) is 20.4 Å². The smallest absolute Gasteiger partial charge is 0.332 e. The largest absolute Gasteiger partial charge is 0.342 e. The molecule has 11 heteroatoms. The van der Waals surface area contributed by atoms with Crippen LogP contribution in [0.5, 0.6) is 0 Å². The summed E-state index contributed by atoms with van der Waals surface area (Å²) in [6.45, 7) is 3.41. The fourth-order valence-corrected chi connectivity index (χ4v) is 3.29. The Morgan fingerprint density at radius 3 is 2.69 bits per heavy atom. The number of hydrogen-bond acceptors (Lipinski definition) is 7. The van der Waals surface area contributed by atoms with Crippen LogP contribution in [-0.2, 0) is 25.4 Å². The van der Waals surface area contributed by atoms with Gasteiger partial charge in [-0.05, 0) is 18.8 Å². The summed E-state index contributed by atoms with van der Waals surface area (Å²) in [5.41, 5.74) is -0.636. The first-order valence-corrected chi connectivity index (χ1v) is 9.51. The van der Waals surface area contributed by atoms with Crippen LogP contribution in [0.4, 0.5) is 0 Å². The Hall–Kier alpha value is -3.24. The molecule has 0 aromatic carbocycles. The third-order valence-electron chi connectivity index (χ3n) is 5.15. The van der Waals surface area contributed by atoms with Gasteiger partial charge in [-0.15, -0.1) is 0 Å². The first kappa shape index (κ1) is 19.1. The monoisotopic (exact) mass is 401 g/mol. The number of nitrogens with one attached hydrogen (secondary N) is 1. The maximum Gasteiger partial charge on any atom is 0.332 e. The summed E-state index contributed by atoms with van der Waals surface area (Å²) < 4.78 is 9.03. The lowest BCUT2D eigenvalue weighted by Crippen LogP contribution is -2.44. The zero-order valence-corrected chi connectivity index (χ0v) is 16.7. The lowest BCUT2D eigenvalue weighted by molar-refractivity contribution is -0.123. The van der Waals surface area contributed by atoms with E-state index in [0.717, 1.165) is 17.4 Å². The highest BCUT2D eigenvalue weighted by molar-refractivity contribution is 5.77. The molecule has 1 atom stereocenters. The molecule has 1 aliphatic carbocycles. The van der Waals surface area contributed by atoms with E-state index in [2.05, 4.69) is 20.4 Å². The molecular weight excluding hydrogens is 378 g/mol. The van der Waals surface area contributed by atoms with Crippen molar-refractivity contribution in [1.29, 1.82) is 0 Å². The number of amides is 1. The van der Waals surface area contributed by atoms with Crippen LogP contribution in [0.25, 0.3) is 11.2 Å². The minimum Gasteiger partial charge on any atom is -0.342 e. The van der Waals surface area contributed by atoms with Gasteiger partial charge in [-0.25, -0.2) is 14.3 Å². The van der Waals surface area contributed by atoms with Crippen molar-refractivity contribution in [2.75, 3.05) is 0 Å². The standard InChI is InChI=1S/C18H23N7O4/c1-9(2)12(16-21-14(22-29-16)10-5-6-10)20-11(26)7-25-17(27)13-15(19-8-23(13)3)24(4)18(25)28/h8-10,12H,5-7H2,1-4H3,(H,20,26). The Morgan fingerprint density at radius 1 is 1.31 bits per heavy atom. The number of fused-ring (bicyclic) bond motifs is 1. The van der Waals surface area contributed by atoms with Crippen LogP contribution < -0.4 is 16.6 Å². The molecule has 1 saturated carbocycles. The van der Waals surface area contributed by atoms with Crippen LogP contribution in [0.1, 0.15) is 50.4 Å². The zero-order chi connectivity index (χ0) is 20.9. The molecule has 1 unspecified atom stereocenters. The lowest BCUT2D eigenvalue weighted by Gasteiger charge is -2.19. The second-order valence-corrected chi connectivity index (χ2v) is 7.81. The molecule has 1 amide bonds. The topological polar surface area (TPSA) is 130 Å². The summed E-state index contributed by atoms with van der Waals surface area (Å²) in [5, 5.41) is 6.81. The van der Waals surface area contributed by atoms with Gasteiger partial charge in [0.25, 0.3) is 5.56 Å². The van der Waals surface area contributed by atoms with Gasteiger partial charge in [0.1, 0.15) is 12.6 Å². The Bertz CT molecular complexity index is 1200. The number of carbonyl (C=O) groups excluding carboxylic acids is 1. The molecule has 4 rings (SSSR count). The van der Waals surface area contributed by atoms with Crippen LogP contribution in [0, 0.1) is 5.92 Å². The SMILES string of the molecule is CC(C)C(NC(=O)Cn1c(=O)c2c(ncn2C)n(C)c1=O)c1nc(C2CC2)no1. The number of hydrogen-bond donors (Lipinski definition) is 1. The third kappa shape index (κ3) is 3.36. The summed E-state index contributed by atoms with van der Waals surface area (Å²) in [5.74, 6) is 0.814. The number of aryl methyl sites for hydroxylation is 2. The number of imidazole rings is 1. The highest BCUT2D eigenvalue weighted by atomic mass is 16.5. The van der Waals surface area contributed by atoms with E-state index in [4.69, 9.17) is 4.52 Å². The molecule has 29 heavy (non-hydrogen) atoms. The normalized spacial score (nSPS) is 15.2. The van der Waals surface area contributed by atoms with Crippen molar-refractivity contribution in [3.05, 3.63) is 38.9 Å². The van der Waals surface area contributed by atoms with Gasteiger partial charge in [-0.2, -0.15) is 4.98 Å². The van der Waals surface area contributed by atoms with E-state index in [-0.39, 0.29) is 17.1 Å². The van der Waals surface area contributed by atoms with E-state index in [1.54, 1.807) is 7.05 Å². The van der Waals surface area contributed by atoms with Gasteiger partial charge in [0.15, 0.2) is 17.0 Å². The first-order chi connectivity index (χ1) is 13.8. The van der Waals surface area contributed by atoms with E-state index >= 15 is 0 Å². The summed E-state index contributed by atoms with van der Waals surface area (Å²) in [7, 11) is 3.17. The summed E-state index contributed by atoms with van der Waals surface area (Å²) in [6.07, 6.45) is 3.54. The Morgan fingerprint density at radius 2 is 2.03 bits per heavy atom. The van der Waals surface area contributed by atoms with Crippen molar-refractivity contribution < 1.29 is 9.32 Å². The molecule has 1 N–H and O–H groups in total. The van der Waals surface area contributed by atoms with E-state index < -0.39 is 29.7 Å². The summed E-state index contributed by atoms with van der Waals surface area (Å²) in [6, 6.07) is -0.512. The average Bonchev–Trinajstić information content (AvgIpc) is 3.28. The Balaban J connectivity index is 1.60. The van der Waals surface area contributed by atoms with Crippen LogP contribution >= 0.6 is 0 Å². The molecule has 11 nitrogen and oxygen atoms in total.